The molecule has 3 aromatic heterocycles. The van der Waals surface area contributed by atoms with Crippen molar-refractivity contribution < 1.29 is 4.40 Å². The van der Waals surface area contributed by atoms with Crippen molar-refractivity contribution in [2.75, 3.05) is 5.73 Å². The number of nitrogens with zero attached hydrogens (tertiary/aromatic N) is 3. The van der Waals surface area contributed by atoms with Gasteiger partial charge in [0.25, 0.3) is 5.65 Å². The molecule has 0 bridgehead atoms. The van der Waals surface area contributed by atoms with Crippen LogP contribution in [0.2, 0.25) is 5.15 Å². The minimum atomic E-state index is 0.663. The number of hydrogen-bond donors (Lipinski definition) is 1. The number of halogens is 1. The number of rotatable bonds is 0. The standard InChI is InChI=1S/C15H12ClN4/c1-19-13(16)7-6-9-8-10(17)14-18-11-4-2-3-5-12(11)20(14)15(9)19/h2-8H,17H2,1H3/q+1. The molecule has 0 saturated heterocycles. The van der Waals surface area contributed by atoms with E-state index in [1.807, 2.05) is 54.1 Å². The van der Waals surface area contributed by atoms with Gasteiger partial charge in [-0.15, -0.1) is 0 Å². The molecule has 0 amide bonds. The Bertz CT molecular complexity index is 988. The Labute approximate surface area is 120 Å². The van der Waals surface area contributed by atoms with Gasteiger partial charge in [0.05, 0.1) is 12.4 Å². The maximum Gasteiger partial charge on any atom is 0.291 e. The van der Waals surface area contributed by atoms with Crippen LogP contribution in [0.5, 0.6) is 0 Å². The number of para-hydroxylation sites is 2. The lowest BCUT2D eigenvalue weighted by molar-refractivity contribution is -0.453. The fraction of sp³-hybridized carbons (Fsp3) is 0.0667. The van der Waals surface area contributed by atoms with Gasteiger partial charge in [-0.1, -0.05) is 17.1 Å². The van der Waals surface area contributed by atoms with Crippen LogP contribution in [0.4, 0.5) is 5.69 Å². The first-order valence-electron chi connectivity index (χ1n) is 6.31. The first kappa shape index (κ1) is 11.5. The zero-order valence-electron chi connectivity index (χ0n) is 10.8. The summed E-state index contributed by atoms with van der Waals surface area (Å²) >= 11 is 6.24. The molecule has 0 aliphatic rings. The van der Waals surface area contributed by atoms with Crippen LogP contribution in [-0.2, 0) is 7.05 Å². The zero-order valence-corrected chi connectivity index (χ0v) is 11.6. The van der Waals surface area contributed by atoms with Crippen LogP contribution < -0.4 is 10.1 Å². The van der Waals surface area contributed by atoms with Crippen LogP contribution in [0.15, 0.2) is 42.5 Å². The van der Waals surface area contributed by atoms with E-state index in [9.17, 15) is 0 Å². The number of nitrogens with two attached hydrogens (primary N) is 1. The molecular weight excluding hydrogens is 272 g/mol. The second kappa shape index (κ2) is 3.84. The Morgan fingerprint density at radius 2 is 2.00 bits per heavy atom. The van der Waals surface area contributed by atoms with E-state index in [0.717, 1.165) is 27.7 Å². The van der Waals surface area contributed by atoms with E-state index in [0.29, 0.717) is 10.8 Å². The molecule has 0 radical (unpaired) electrons. The molecule has 4 nitrogen and oxygen atoms in total. The third kappa shape index (κ3) is 1.37. The average Bonchev–Trinajstić information content (AvgIpc) is 2.83. The third-order valence-electron chi connectivity index (χ3n) is 3.64. The molecular formula is C15H12ClN4+. The Hall–Kier alpha value is -2.33. The van der Waals surface area contributed by atoms with Crippen molar-refractivity contribution in [3.05, 3.63) is 47.6 Å². The minimum absolute atomic E-state index is 0.663. The maximum absolute atomic E-state index is 6.24. The Morgan fingerprint density at radius 3 is 2.85 bits per heavy atom. The van der Waals surface area contributed by atoms with Crippen molar-refractivity contribution in [3.8, 4) is 0 Å². The van der Waals surface area contributed by atoms with Crippen molar-refractivity contribution in [1.82, 2.24) is 9.55 Å². The summed E-state index contributed by atoms with van der Waals surface area (Å²) in [5, 5.41) is 1.70. The fourth-order valence-electron chi connectivity index (χ4n) is 2.70. The number of imidazole rings is 1. The van der Waals surface area contributed by atoms with Crippen LogP contribution in [0, 0.1) is 0 Å². The fourth-order valence-corrected chi connectivity index (χ4v) is 2.84. The predicted octanol–water partition coefficient (Wildman–Crippen LogP) is 2.70. The highest BCUT2D eigenvalue weighted by molar-refractivity contribution is 6.30. The summed E-state index contributed by atoms with van der Waals surface area (Å²) in [5.41, 5.74) is 10.5. The molecule has 0 aliphatic heterocycles. The van der Waals surface area contributed by atoms with Crippen molar-refractivity contribution in [1.29, 1.82) is 0 Å². The van der Waals surface area contributed by atoms with Crippen LogP contribution in [0.1, 0.15) is 0 Å². The highest BCUT2D eigenvalue weighted by Crippen LogP contribution is 2.23. The average molecular weight is 284 g/mol. The van der Waals surface area contributed by atoms with Crippen LogP contribution >= 0.6 is 11.6 Å². The monoisotopic (exact) mass is 283 g/mol. The summed E-state index contributed by atoms with van der Waals surface area (Å²) in [4.78, 5) is 4.62. The van der Waals surface area contributed by atoms with Gasteiger partial charge in [0, 0.05) is 0 Å². The van der Waals surface area contributed by atoms with E-state index < -0.39 is 0 Å². The van der Waals surface area contributed by atoms with Gasteiger partial charge in [0.2, 0.25) is 5.65 Å². The summed E-state index contributed by atoms with van der Waals surface area (Å²) in [6.45, 7) is 0. The zero-order chi connectivity index (χ0) is 13.9. The van der Waals surface area contributed by atoms with E-state index in [4.69, 9.17) is 17.3 Å². The molecule has 0 saturated carbocycles. The number of aryl methyl sites for hydroxylation is 1. The van der Waals surface area contributed by atoms with Crippen LogP contribution in [-0.4, -0.2) is 9.55 Å². The molecule has 4 aromatic rings. The highest BCUT2D eigenvalue weighted by atomic mass is 35.5. The van der Waals surface area contributed by atoms with Crippen molar-refractivity contribution in [2.24, 2.45) is 7.05 Å². The summed E-state index contributed by atoms with van der Waals surface area (Å²) in [6.07, 6.45) is 0. The van der Waals surface area contributed by atoms with Gasteiger partial charge in [-0.3, -0.25) is 4.57 Å². The van der Waals surface area contributed by atoms with Gasteiger partial charge in [0.15, 0.2) is 10.7 Å². The lowest BCUT2D eigenvalue weighted by Gasteiger charge is -2.05. The molecule has 4 rings (SSSR count). The molecule has 3 heterocycles. The number of nitrogen functional groups attached to an aromatic ring is 1. The minimum Gasteiger partial charge on any atom is -0.393 e. The van der Waals surface area contributed by atoms with Gasteiger partial charge >= 0.3 is 0 Å². The molecule has 0 spiro atoms. The van der Waals surface area contributed by atoms with Gasteiger partial charge in [0.1, 0.15) is 11.2 Å². The molecule has 5 heteroatoms. The first-order chi connectivity index (χ1) is 9.66. The molecule has 1 aromatic carbocycles. The van der Waals surface area contributed by atoms with E-state index >= 15 is 0 Å². The highest BCUT2D eigenvalue weighted by Gasteiger charge is 2.20. The van der Waals surface area contributed by atoms with Gasteiger partial charge in [-0.25, -0.2) is 0 Å². The second-order valence-electron chi connectivity index (χ2n) is 4.85. The lowest BCUT2D eigenvalue weighted by Crippen LogP contribution is -2.26. The van der Waals surface area contributed by atoms with E-state index in [-0.39, 0.29) is 0 Å². The van der Waals surface area contributed by atoms with Crippen molar-refractivity contribution >= 4 is 45.0 Å². The number of hydrogen-bond acceptors (Lipinski definition) is 2. The number of aromatic nitrogens is 3. The van der Waals surface area contributed by atoms with Crippen LogP contribution in [0.25, 0.3) is 27.7 Å². The second-order valence-corrected chi connectivity index (χ2v) is 5.24. The third-order valence-corrected chi connectivity index (χ3v) is 4.02. The van der Waals surface area contributed by atoms with Gasteiger partial charge in [-0.2, -0.15) is 4.40 Å². The number of pyridine rings is 2. The Morgan fingerprint density at radius 1 is 1.20 bits per heavy atom. The number of benzene rings is 1. The first-order valence-corrected chi connectivity index (χ1v) is 6.68. The van der Waals surface area contributed by atoms with Crippen molar-refractivity contribution in [2.45, 2.75) is 0 Å². The predicted molar refractivity (Wildman–Crippen MR) is 80.8 cm³/mol. The Kier molecular flexibility index (Phi) is 2.20. The topological polar surface area (TPSA) is 47.9 Å². The largest absolute Gasteiger partial charge is 0.393 e. The molecule has 0 unspecified atom stereocenters. The van der Waals surface area contributed by atoms with Crippen LogP contribution in [0.3, 0.4) is 0 Å². The normalized spacial score (nSPS) is 11.7. The summed E-state index contributed by atoms with van der Waals surface area (Å²) in [7, 11) is 1.94. The number of fused-ring (bicyclic) bond motifs is 5. The maximum atomic E-state index is 6.24. The van der Waals surface area contributed by atoms with E-state index in [1.54, 1.807) is 0 Å². The molecule has 0 fully saturated rings. The SMILES string of the molecule is Cn1c(Cl)ccc2cc(N)c3nc4ccccc4[n+]3c21. The molecule has 2 N–H and O–H groups in total. The lowest BCUT2D eigenvalue weighted by atomic mass is 10.2. The molecule has 0 atom stereocenters. The molecule has 0 aliphatic carbocycles. The molecule has 98 valence electrons. The Balaban J connectivity index is 2.41. The quantitative estimate of drug-likeness (QED) is 0.398. The smallest absolute Gasteiger partial charge is 0.291 e. The summed E-state index contributed by atoms with van der Waals surface area (Å²) < 4.78 is 4.00. The van der Waals surface area contributed by atoms with E-state index in [2.05, 4.69) is 9.38 Å². The van der Waals surface area contributed by atoms with Crippen molar-refractivity contribution in [3.63, 3.8) is 0 Å². The van der Waals surface area contributed by atoms with Gasteiger partial charge in [-0.05, 0) is 41.9 Å². The summed E-state index contributed by atoms with van der Waals surface area (Å²) in [5.74, 6) is 0. The molecule has 20 heavy (non-hydrogen) atoms. The number of anilines is 1. The summed E-state index contributed by atoms with van der Waals surface area (Å²) in [6, 6.07) is 13.8. The van der Waals surface area contributed by atoms with Gasteiger partial charge < -0.3 is 5.73 Å². The van der Waals surface area contributed by atoms with E-state index in [1.165, 1.54) is 0 Å².